The van der Waals surface area contributed by atoms with E-state index >= 15 is 0 Å². The van der Waals surface area contributed by atoms with Gasteiger partial charge in [0.05, 0.1) is 6.26 Å². The van der Waals surface area contributed by atoms with Gasteiger partial charge >= 0.3 is 5.97 Å². The fourth-order valence-electron chi connectivity index (χ4n) is 2.77. The molecule has 0 aliphatic carbocycles. The molecule has 1 heterocycles. The first-order valence-electron chi connectivity index (χ1n) is 7.43. The fraction of sp³-hybridized carbons (Fsp3) is 0.533. The van der Waals surface area contributed by atoms with E-state index in [-0.39, 0.29) is 11.6 Å². The van der Waals surface area contributed by atoms with Gasteiger partial charge in [0.25, 0.3) is 0 Å². The number of hydrogen-bond acceptors (Lipinski definition) is 5. The normalized spacial score (nSPS) is 20.3. The molecule has 0 aromatic heterocycles. The molecule has 0 radical (unpaired) electrons. The largest absolute Gasteiger partial charge is 0.491 e. The number of ether oxygens (including phenoxy) is 1. The van der Waals surface area contributed by atoms with E-state index in [1.54, 1.807) is 18.2 Å². The third kappa shape index (κ3) is 4.66. The van der Waals surface area contributed by atoms with E-state index in [1.165, 1.54) is 16.6 Å². The van der Waals surface area contributed by atoms with Crippen LogP contribution in [0.3, 0.4) is 0 Å². The number of carboxylic acid groups (broad SMARTS) is 1. The van der Waals surface area contributed by atoms with E-state index in [9.17, 15) is 13.2 Å². The van der Waals surface area contributed by atoms with Crippen LogP contribution in [0.5, 0.6) is 5.75 Å². The van der Waals surface area contributed by atoms with Crippen molar-refractivity contribution in [1.82, 2.24) is 9.21 Å². The molecule has 0 amide bonds. The van der Waals surface area contributed by atoms with E-state index in [4.69, 9.17) is 9.84 Å². The highest BCUT2D eigenvalue weighted by atomic mass is 32.2. The van der Waals surface area contributed by atoms with Crippen LogP contribution in [0, 0.1) is 0 Å². The Bertz CT molecular complexity index is 662. The molecule has 1 fully saturated rings. The monoisotopic (exact) mass is 342 g/mol. The quantitative estimate of drug-likeness (QED) is 0.820. The van der Waals surface area contributed by atoms with Gasteiger partial charge in [-0.1, -0.05) is 12.1 Å². The zero-order valence-corrected chi connectivity index (χ0v) is 14.1. The van der Waals surface area contributed by atoms with Crippen molar-refractivity contribution in [3.63, 3.8) is 0 Å². The van der Waals surface area contributed by atoms with Gasteiger partial charge in [-0.3, -0.25) is 4.90 Å². The van der Waals surface area contributed by atoms with Gasteiger partial charge in [0.2, 0.25) is 10.0 Å². The minimum Gasteiger partial charge on any atom is -0.491 e. The van der Waals surface area contributed by atoms with E-state index in [0.29, 0.717) is 38.5 Å². The molecule has 1 aliphatic rings. The van der Waals surface area contributed by atoms with Crippen molar-refractivity contribution in [2.45, 2.75) is 13.0 Å². The molecule has 2 rings (SSSR count). The summed E-state index contributed by atoms with van der Waals surface area (Å²) in [6.45, 7) is 4.60. The zero-order chi connectivity index (χ0) is 17.0. The van der Waals surface area contributed by atoms with Crippen LogP contribution >= 0.6 is 0 Å². The molecule has 1 aliphatic heterocycles. The SMILES string of the molecule is C[C@@H]1CN(CCOc2ccccc2C(=O)O)CCN1S(C)(=O)=O. The molecular weight excluding hydrogens is 320 g/mol. The maximum Gasteiger partial charge on any atom is 0.339 e. The average Bonchev–Trinajstić information content (AvgIpc) is 2.46. The molecule has 0 spiro atoms. The molecular formula is C15H22N2O5S. The van der Waals surface area contributed by atoms with Crippen LogP contribution in [0.15, 0.2) is 24.3 Å². The van der Waals surface area contributed by atoms with Gasteiger partial charge in [-0.2, -0.15) is 4.31 Å². The summed E-state index contributed by atoms with van der Waals surface area (Å²) in [5, 5.41) is 9.10. The Morgan fingerprint density at radius 2 is 2.04 bits per heavy atom. The van der Waals surface area contributed by atoms with Gasteiger partial charge < -0.3 is 9.84 Å². The molecule has 0 saturated carbocycles. The van der Waals surface area contributed by atoms with E-state index < -0.39 is 16.0 Å². The van der Waals surface area contributed by atoms with Crippen LogP contribution < -0.4 is 4.74 Å². The first-order valence-corrected chi connectivity index (χ1v) is 9.28. The fourth-order valence-corrected chi connectivity index (χ4v) is 3.90. The van der Waals surface area contributed by atoms with E-state index in [0.717, 1.165) is 0 Å². The van der Waals surface area contributed by atoms with Gasteiger partial charge in [-0.05, 0) is 19.1 Å². The Balaban J connectivity index is 1.86. The van der Waals surface area contributed by atoms with Crippen molar-refractivity contribution < 1.29 is 23.1 Å². The summed E-state index contributed by atoms with van der Waals surface area (Å²) in [6.07, 6.45) is 1.23. The van der Waals surface area contributed by atoms with Crippen molar-refractivity contribution >= 4 is 16.0 Å². The molecule has 0 bridgehead atoms. The first-order chi connectivity index (χ1) is 10.8. The van der Waals surface area contributed by atoms with E-state index in [1.807, 2.05) is 6.92 Å². The van der Waals surface area contributed by atoms with Crippen LogP contribution in [0.4, 0.5) is 0 Å². The minimum absolute atomic E-state index is 0.0787. The summed E-state index contributed by atoms with van der Waals surface area (Å²) in [5.41, 5.74) is 0.141. The molecule has 0 unspecified atom stereocenters. The van der Waals surface area contributed by atoms with Crippen molar-refractivity contribution in [1.29, 1.82) is 0 Å². The molecule has 23 heavy (non-hydrogen) atoms. The maximum atomic E-state index is 11.6. The smallest absolute Gasteiger partial charge is 0.339 e. The highest BCUT2D eigenvalue weighted by Crippen LogP contribution is 2.18. The molecule has 1 aromatic carbocycles. The molecule has 1 atom stereocenters. The zero-order valence-electron chi connectivity index (χ0n) is 13.3. The highest BCUT2D eigenvalue weighted by Gasteiger charge is 2.29. The third-order valence-electron chi connectivity index (χ3n) is 3.86. The molecule has 1 N–H and O–H groups in total. The summed E-state index contributed by atoms with van der Waals surface area (Å²) in [6, 6.07) is 6.44. The number of benzene rings is 1. The number of carbonyl (C=O) groups is 1. The van der Waals surface area contributed by atoms with Crippen LogP contribution in [0.25, 0.3) is 0 Å². The number of rotatable bonds is 6. The van der Waals surface area contributed by atoms with Gasteiger partial charge in [0.15, 0.2) is 0 Å². The van der Waals surface area contributed by atoms with Crippen molar-refractivity contribution in [2.75, 3.05) is 39.0 Å². The second-order valence-electron chi connectivity index (χ2n) is 5.67. The number of aromatic carboxylic acids is 1. The van der Waals surface area contributed by atoms with Crippen LogP contribution in [-0.4, -0.2) is 73.8 Å². The number of sulfonamides is 1. The summed E-state index contributed by atoms with van der Waals surface area (Å²) >= 11 is 0. The predicted octanol–water partition coefficient (Wildman–Crippen LogP) is 0.729. The number of carboxylic acids is 1. The van der Waals surface area contributed by atoms with Crippen molar-refractivity contribution in [3.8, 4) is 5.75 Å². The standard InChI is InChI=1S/C15H22N2O5S/c1-12-11-16(7-8-17(12)23(2,20)21)9-10-22-14-6-4-3-5-13(14)15(18)19/h3-6,12H,7-11H2,1-2H3,(H,18,19)/t12-/m1/s1. The van der Waals surface area contributed by atoms with Gasteiger partial charge in [0, 0.05) is 32.2 Å². The second-order valence-corrected chi connectivity index (χ2v) is 7.61. The first kappa shape index (κ1) is 17.7. The number of hydrogen-bond donors (Lipinski definition) is 1. The number of piperazine rings is 1. The van der Waals surface area contributed by atoms with Crippen LogP contribution in [0.1, 0.15) is 17.3 Å². The van der Waals surface area contributed by atoms with Gasteiger partial charge in [-0.25, -0.2) is 13.2 Å². The van der Waals surface area contributed by atoms with Crippen LogP contribution in [-0.2, 0) is 10.0 Å². The highest BCUT2D eigenvalue weighted by molar-refractivity contribution is 7.88. The molecule has 8 heteroatoms. The van der Waals surface area contributed by atoms with Crippen LogP contribution in [0.2, 0.25) is 0 Å². The Labute approximate surface area is 136 Å². The lowest BCUT2D eigenvalue weighted by molar-refractivity contribution is 0.0691. The Morgan fingerprint density at radius 1 is 1.35 bits per heavy atom. The van der Waals surface area contributed by atoms with Gasteiger partial charge in [-0.15, -0.1) is 0 Å². The number of para-hydroxylation sites is 1. The minimum atomic E-state index is -3.17. The lowest BCUT2D eigenvalue weighted by atomic mass is 10.2. The topological polar surface area (TPSA) is 87.2 Å². The summed E-state index contributed by atoms with van der Waals surface area (Å²) in [5.74, 6) is -0.668. The second kappa shape index (κ2) is 7.29. The van der Waals surface area contributed by atoms with Crippen molar-refractivity contribution in [3.05, 3.63) is 29.8 Å². The summed E-state index contributed by atoms with van der Waals surface area (Å²) < 4.78 is 30.3. The summed E-state index contributed by atoms with van der Waals surface area (Å²) in [7, 11) is -3.17. The Kier molecular flexibility index (Phi) is 5.61. The molecule has 7 nitrogen and oxygen atoms in total. The molecule has 128 valence electrons. The average molecular weight is 342 g/mol. The van der Waals surface area contributed by atoms with E-state index in [2.05, 4.69) is 4.90 Å². The lowest BCUT2D eigenvalue weighted by Gasteiger charge is -2.38. The number of nitrogens with zero attached hydrogens (tertiary/aromatic N) is 2. The summed E-state index contributed by atoms with van der Waals surface area (Å²) in [4.78, 5) is 13.2. The lowest BCUT2D eigenvalue weighted by Crippen LogP contribution is -2.54. The molecule has 1 saturated heterocycles. The molecule has 1 aromatic rings. The maximum absolute atomic E-state index is 11.6. The van der Waals surface area contributed by atoms with Crippen molar-refractivity contribution in [2.24, 2.45) is 0 Å². The Hall–Kier alpha value is -1.64. The predicted molar refractivity (Wildman–Crippen MR) is 86.3 cm³/mol. The Morgan fingerprint density at radius 3 is 2.65 bits per heavy atom. The van der Waals surface area contributed by atoms with Gasteiger partial charge in [0.1, 0.15) is 17.9 Å². The third-order valence-corrected chi connectivity index (χ3v) is 5.25.